The lowest BCUT2D eigenvalue weighted by atomic mass is 10.1. The van der Waals surface area contributed by atoms with E-state index in [4.69, 9.17) is 0 Å². The molecule has 0 saturated carbocycles. The smallest absolute Gasteiger partial charge is 0.282 e. The molecule has 0 spiro atoms. The molecule has 0 aromatic carbocycles. The van der Waals surface area contributed by atoms with Gasteiger partial charge in [0.05, 0.1) is 5.69 Å². The number of rotatable bonds is 2. The van der Waals surface area contributed by atoms with Gasteiger partial charge in [0.2, 0.25) is 0 Å². The quantitative estimate of drug-likeness (QED) is 0.892. The molecule has 6 nitrogen and oxygen atoms in total. The highest BCUT2D eigenvalue weighted by atomic mass is 32.2. The van der Waals surface area contributed by atoms with Crippen LogP contribution in [-0.2, 0) is 23.2 Å². The van der Waals surface area contributed by atoms with Crippen LogP contribution >= 0.6 is 0 Å². The molecule has 0 unspecified atom stereocenters. The summed E-state index contributed by atoms with van der Waals surface area (Å²) in [4.78, 5) is 0. The van der Waals surface area contributed by atoms with Crippen LogP contribution in [0.3, 0.4) is 0 Å². The van der Waals surface area contributed by atoms with Gasteiger partial charge in [-0.05, 0) is 19.8 Å². The molecular weight excluding hydrogens is 276 g/mol. The highest BCUT2D eigenvalue weighted by Crippen LogP contribution is 2.24. The monoisotopic (exact) mass is 298 g/mol. The Morgan fingerprint density at radius 1 is 1.05 bits per heavy atom. The Morgan fingerprint density at radius 2 is 1.75 bits per heavy atom. The lowest BCUT2D eigenvalue weighted by Gasteiger charge is -2.31. The summed E-state index contributed by atoms with van der Waals surface area (Å²) in [6.07, 6.45) is 4.92. The van der Waals surface area contributed by atoms with E-state index in [0.717, 1.165) is 42.6 Å². The third-order valence-corrected chi connectivity index (χ3v) is 6.29. The molecule has 0 radical (unpaired) electrons. The second kappa shape index (κ2) is 5.46. The first kappa shape index (κ1) is 14.0. The fraction of sp³-hybridized carbons (Fsp3) is 0.769. The van der Waals surface area contributed by atoms with E-state index in [1.165, 1.54) is 0 Å². The minimum atomic E-state index is -3.32. The average molecular weight is 298 g/mol. The zero-order valence-corrected chi connectivity index (χ0v) is 12.7. The highest BCUT2D eigenvalue weighted by Gasteiger charge is 2.33. The van der Waals surface area contributed by atoms with Gasteiger partial charge >= 0.3 is 0 Å². The molecule has 1 saturated heterocycles. The van der Waals surface area contributed by atoms with Crippen LogP contribution in [0.1, 0.15) is 42.6 Å². The van der Waals surface area contributed by atoms with Crippen LogP contribution in [-0.4, -0.2) is 46.9 Å². The summed E-state index contributed by atoms with van der Waals surface area (Å²) in [5, 5.41) is 7.20. The van der Waals surface area contributed by atoms with Gasteiger partial charge in [0.25, 0.3) is 10.2 Å². The van der Waals surface area contributed by atoms with E-state index in [0.29, 0.717) is 32.6 Å². The van der Waals surface area contributed by atoms with Crippen molar-refractivity contribution in [1.29, 1.82) is 0 Å². The lowest BCUT2D eigenvalue weighted by molar-refractivity contribution is 0.327. The van der Waals surface area contributed by atoms with Crippen LogP contribution in [0.5, 0.6) is 0 Å². The number of aromatic nitrogens is 2. The molecule has 0 bridgehead atoms. The lowest BCUT2D eigenvalue weighted by Crippen LogP contribution is -2.46. The molecule has 7 heteroatoms. The van der Waals surface area contributed by atoms with E-state index in [2.05, 4.69) is 10.2 Å². The normalized spacial score (nSPS) is 22.4. The summed E-state index contributed by atoms with van der Waals surface area (Å²) < 4.78 is 28.8. The van der Waals surface area contributed by atoms with Crippen LogP contribution in [0.15, 0.2) is 0 Å². The van der Waals surface area contributed by atoms with Gasteiger partial charge in [0.1, 0.15) is 0 Å². The molecule has 112 valence electrons. The third kappa shape index (κ3) is 2.49. The number of fused-ring (bicyclic) bond motifs is 1. The Kier molecular flexibility index (Phi) is 3.83. The van der Waals surface area contributed by atoms with E-state index in [1.54, 1.807) is 8.61 Å². The fourth-order valence-corrected chi connectivity index (χ4v) is 4.70. The SMILES string of the molecule is Cc1[nH]nc2c1CN(S(=O)(=O)N1CCCCCC1)CC2. The van der Waals surface area contributed by atoms with Crippen LogP contribution in [0.4, 0.5) is 0 Å². The number of hydrogen-bond donors (Lipinski definition) is 1. The Labute approximate surface area is 120 Å². The topological polar surface area (TPSA) is 69.3 Å². The highest BCUT2D eigenvalue weighted by molar-refractivity contribution is 7.86. The predicted octanol–water partition coefficient (Wildman–Crippen LogP) is 1.20. The summed E-state index contributed by atoms with van der Waals surface area (Å²) in [6.45, 7) is 4.27. The number of nitrogens with one attached hydrogen (secondary N) is 1. The van der Waals surface area contributed by atoms with Crippen molar-refractivity contribution in [2.24, 2.45) is 0 Å². The van der Waals surface area contributed by atoms with Crippen molar-refractivity contribution in [3.05, 3.63) is 17.0 Å². The zero-order chi connectivity index (χ0) is 14.2. The van der Waals surface area contributed by atoms with Crippen LogP contribution in [0.25, 0.3) is 0 Å². The maximum atomic E-state index is 12.8. The maximum absolute atomic E-state index is 12.8. The Balaban J connectivity index is 1.80. The second-order valence-corrected chi connectivity index (χ2v) is 7.61. The van der Waals surface area contributed by atoms with Gasteiger partial charge in [-0.3, -0.25) is 5.10 Å². The van der Waals surface area contributed by atoms with E-state index in [-0.39, 0.29) is 0 Å². The van der Waals surface area contributed by atoms with Crippen molar-refractivity contribution in [1.82, 2.24) is 18.8 Å². The molecule has 1 fully saturated rings. The van der Waals surface area contributed by atoms with Crippen molar-refractivity contribution in [2.45, 2.75) is 45.6 Å². The molecule has 0 atom stereocenters. The van der Waals surface area contributed by atoms with Crippen LogP contribution in [0.2, 0.25) is 0 Å². The number of hydrogen-bond acceptors (Lipinski definition) is 3. The molecule has 3 heterocycles. The molecular formula is C13H22N4O2S. The van der Waals surface area contributed by atoms with E-state index in [1.807, 2.05) is 6.92 Å². The number of H-pyrrole nitrogens is 1. The molecule has 1 aromatic rings. The molecule has 20 heavy (non-hydrogen) atoms. The van der Waals surface area contributed by atoms with Crippen LogP contribution in [0, 0.1) is 6.92 Å². The van der Waals surface area contributed by atoms with Gasteiger partial charge in [-0.25, -0.2) is 0 Å². The summed E-state index contributed by atoms with van der Waals surface area (Å²) in [7, 11) is -3.32. The first-order valence-corrected chi connectivity index (χ1v) is 8.76. The standard InChI is InChI=1S/C13H22N4O2S/c1-11-12-10-17(9-6-13(12)15-14-11)20(18,19)16-7-4-2-3-5-8-16/h2-10H2,1H3,(H,14,15). The largest absolute Gasteiger partial charge is 0.282 e. The first-order valence-electron chi connectivity index (χ1n) is 7.37. The second-order valence-electron chi connectivity index (χ2n) is 5.68. The molecule has 1 aromatic heterocycles. The van der Waals surface area contributed by atoms with Gasteiger partial charge in [-0.1, -0.05) is 12.8 Å². The Hall–Kier alpha value is -0.920. The van der Waals surface area contributed by atoms with Gasteiger partial charge in [-0.2, -0.15) is 22.1 Å². The third-order valence-electron chi connectivity index (χ3n) is 4.31. The molecule has 0 amide bonds. The van der Waals surface area contributed by atoms with Crippen LogP contribution < -0.4 is 0 Å². The minimum absolute atomic E-state index is 0.455. The van der Waals surface area contributed by atoms with Gasteiger partial charge in [0.15, 0.2) is 0 Å². The van der Waals surface area contributed by atoms with Gasteiger partial charge in [0, 0.05) is 43.9 Å². The Morgan fingerprint density at radius 3 is 2.45 bits per heavy atom. The number of aryl methyl sites for hydroxylation is 1. The van der Waals surface area contributed by atoms with Crippen molar-refractivity contribution >= 4 is 10.2 Å². The van der Waals surface area contributed by atoms with E-state index >= 15 is 0 Å². The van der Waals surface area contributed by atoms with Crippen molar-refractivity contribution in [2.75, 3.05) is 19.6 Å². The van der Waals surface area contributed by atoms with Crippen molar-refractivity contribution in [3.63, 3.8) is 0 Å². The fourth-order valence-electron chi connectivity index (χ4n) is 3.04. The number of aromatic amines is 1. The van der Waals surface area contributed by atoms with E-state index in [9.17, 15) is 8.42 Å². The number of nitrogens with zero attached hydrogens (tertiary/aromatic N) is 3. The average Bonchev–Trinajstić information content (AvgIpc) is 2.68. The minimum Gasteiger partial charge on any atom is -0.282 e. The molecule has 3 rings (SSSR count). The van der Waals surface area contributed by atoms with Crippen molar-refractivity contribution in [3.8, 4) is 0 Å². The summed E-state index contributed by atoms with van der Waals surface area (Å²) in [5.41, 5.74) is 3.05. The summed E-state index contributed by atoms with van der Waals surface area (Å²) in [5.74, 6) is 0. The molecule has 1 N–H and O–H groups in total. The Bertz CT molecular complexity index is 573. The summed E-state index contributed by atoms with van der Waals surface area (Å²) in [6, 6.07) is 0. The summed E-state index contributed by atoms with van der Waals surface area (Å²) >= 11 is 0. The first-order chi connectivity index (χ1) is 9.59. The van der Waals surface area contributed by atoms with Crippen molar-refractivity contribution < 1.29 is 8.42 Å². The predicted molar refractivity (Wildman–Crippen MR) is 76.4 cm³/mol. The molecule has 2 aliphatic heterocycles. The van der Waals surface area contributed by atoms with Gasteiger partial charge < -0.3 is 0 Å². The zero-order valence-electron chi connectivity index (χ0n) is 11.9. The maximum Gasteiger partial charge on any atom is 0.282 e. The van der Waals surface area contributed by atoms with E-state index < -0.39 is 10.2 Å². The van der Waals surface area contributed by atoms with Gasteiger partial charge in [-0.15, -0.1) is 0 Å². The molecule has 0 aliphatic carbocycles. The molecule has 2 aliphatic rings.